The third kappa shape index (κ3) is 6.21. The molecule has 0 unspecified atom stereocenters. The summed E-state index contributed by atoms with van der Waals surface area (Å²) in [6.45, 7) is 4.58. The van der Waals surface area contributed by atoms with Gasteiger partial charge in [-0.25, -0.2) is 0 Å². The van der Waals surface area contributed by atoms with Crippen molar-refractivity contribution in [1.82, 2.24) is 0 Å². The van der Waals surface area contributed by atoms with Crippen molar-refractivity contribution in [2.24, 2.45) is 0 Å². The molecule has 0 fully saturated rings. The highest BCUT2D eigenvalue weighted by atomic mass is 16.5. The van der Waals surface area contributed by atoms with Gasteiger partial charge in [0.2, 0.25) is 11.2 Å². The van der Waals surface area contributed by atoms with Crippen LogP contribution in [-0.2, 0) is 16.1 Å². The van der Waals surface area contributed by atoms with Gasteiger partial charge in [-0.1, -0.05) is 50.2 Å². The molecule has 0 saturated heterocycles. The number of carbonyl (C=O) groups excluding carboxylic acids is 1. The molecule has 0 aliphatic heterocycles. The summed E-state index contributed by atoms with van der Waals surface area (Å²) in [5.74, 6) is -3.97. The van der Waals surface area contributed by atoms with E-state index in [1.165, 1.54) is 18.7 Å². The van der Waals surface area contributed by atoms with Crippen molar-refractivity contribution >= 4 is 16.9 Å². The Balaban J connectivity index is 1.58. The van der Waals surface area contributed by atoms with Crippen LogP contribution in [0.4, 0.5) is 0 Å². The highest BCUT2D eigenvalue weighted by Gasteiger charge is 2.30. The highest BCUT2D eigenvalue weighted by molar-refractivity contribution is 5.92. The molecule has 45 heavy (non-hydrogen) atoms. The maximum absolute atomic E-state index is 13.3. The zero-order valence-corrected chi connectivity index (χ0v) is 24.8. The second-order valence-electron chi connectivity index (χ2n) is 10.9. The molecule has 1 atom stereocenters. The number of ether oxygens (including phenoxy) is 2. The zero-order chi connectivity index (χ0) is 32.4. The lowest BCUT2D eigenvalue weighted by molar-refractivity contribution is -0.140. The van der Waals surface area contributed by atoms with Gasteiger partial charge in [0.1, 0.15) is 34.8 Å². The standard InChI is InChI=1S/C35H32O10/c1-18(2)20-6-4-19(5-7-20)17-44-23-11-8-21(9-12-23)24(15-29(40)43-3)30-27(38)16-28(39)31-32(41)33(42)34(45-35(30)31)22-10-13-25(36)26(37)14-22/h4-14,16,18,24,36-39,42H,15,17H2,1-3H3/t24-/m0/s1. The average molecular weight is 613 g/mol. The minimum Gasteiger partial charge on any atom is -0.507 e. The van der Waals surface area contributed by atoms with E-state index >= 15 is 0 Å². The van der Waals surface area contributed by atoms with Crippen LogP contribution in [0.25, 0.3) is 22.3 Å². The van der Waals surface area contributed by atoms with Crippen LogP contribution >= 0.6 is 0 Å². The minimum absolute atomic E-state index is 0.0199. The second-order valence-corrected chi connectivity index (χ2v) is 10.9. The summed E-state index contributed by atoms with van der Waals surface area (Å²) in [4.78, 5) is 25.9. The van der Waals surface area contributed by atoms with Crippen LogP contribution in [0.2, 0.25) is 0 Å². The van der Waals surface area contributed by atoms with Gasteiger partial charge in [-0.3, -0.25) is 9.59 Å². The van der Waals surface area contributed by atoms with Gasteiger partial charge < -0.3 is 39.4 Å². The Morgan fingerprint density at radius 3 is 2.09 bits per heavy atom. The Kier molecular flexibility index (Phi) is 8.58. The van der Waals surface area contributed by atoms with E-state index in [9.17, 15) is 35.1 Å². The number of hydrogen-bond donors (Lipinski definition) is 5. The summed E-state index contributed by atoms with van der Waals surface area (Å²) >= 11 is 0. The van der Waals surface area contributed by atoms with Crippen molar-refractivity contribution in [2.75, 3.05) is 7.11 Å². The highest BCUT2D eigenvalue weighted by Crippen LogP contribution is 2.45. The van der Waals surface area contributed by atoms with E-state index in [1.807, 2.05) is 12.1 Å². The molecule has 5 rings (SSSR count). The molecule has 0 bridgehead atoms. The van der Waals surface area contributed by atoms with Crippen LogP contribution < -0.4 is 10.2 Å². The largest absolute Gasteiger partial charge is 0.507 e. The lowest BCUT2D eigenvalue weighted by Crippen LogP contribution is -2.12. The Morgan fingerprint density at radius 2 is 1.47 bits per heavy atom. The molecule has 232 valence electrons. The maximum atomic E-state index is 13.3. The lowest BCUT2D eigenvalue weighted by atomic mass is 9.86. The van der Waals surface area contributed by atoms with Gasteiger partial charge in [0.05, 0.1) is 13.5 Å². The average Bonchev–Trinajstić information content (AvgIpc) is 3.02. The smallest absolute Gasteiger partial charge is 0.306 e. The fourth-order valence-electron chi connectivity index (χ4n) is 5.14. The first-order valence-corrected chi connectivity index (χ1v) is 14.1. The molecule has 10 heteroatoms. The number of phenolic OH excluding ortho intramolecular Hbond substituents is 4. The van der Waals surface area contributed by atoms with E-state index in [-0.39, 0.29) is 23.1 Å². The van der Waals surface area contributed by atoms with Gasteiger partial charge in [-0.15, -0.1) is 0 Å². The number of benzene rings is 4. The van der Waals surface area contributed by atoms with E-state index in [0.717, 1.165) is 23.8 Å². The fraction of sp³-hybridized carbons (Fsp3) is 0.200. The Hall–Kier alpha value is -5.64. The SMILES string of the molecule is COC(=O)C[C@@H](c1ccc(OCc2ccc(C(C)C)cc2)cc1)c1c(O)cc(O)c2c(=O)c(O)c(-c3ccc(O)c(O)c3)oc12. The monoisotopic (exact) mass is 612 g/mol. The van der Waals surface area contributed by atoms with Gasteiger partial charge in [0.15, 0.2) is 17.3 Å². The number of hydrogen-bond acceptors (Lipinski definition) is 10. The number of methoxy groups -OCH3 is 1. The summed E-state index contributed by atoms with van der Waals surface area (Å²) in [5, 5.41) is 51.7. The third-order valence-corrected chi connectivity index (χ3v) is 7.66. The van der Waals surface area contributed by atoms with Crippen LogP contribution in [0.15, 0.2) is 82.0 Å². The summed E-state index contributed by atoms with van der Waals surface area (Å²) < 4.78 is 16.8. The molecule has 0 spiro atoms. The summed E-state index contributed by atoms with van der Waals surface area (Å²) in [6, 6.07) is 19.4. The quantitative estimate of drug-likeness (QED) is 0.0930. The van der Waals surface area contributed by atoms with Gasteiger partial charge in [-0.05, 0) is 52.9 Å². The number of carbonyl (C=O) groups is 1. The molecule has 0 saturated carbocycles. The Labute approximate surface area is 258 Å². The van der Waals surface area contributed by atoms with Gasteiger partial charge in [-0.2, -0.15) is 0 Å². The van der Waals surface area contributed by atoms with Crippen molar-refractivity contribution in [2.45, 2.75) is 38.7 Å². The maximum Gasteiger partial charge on any atom is 0.306 e. The van der Waals surface area contributed by atoms with Crippen molar-refractivity contribution in [3.63, 3.8) is 0 Å². The van der Waals surface area contributed by atoms with E-state index in [4.69, 9.17) is 13.9 Å². The van der Waals surface area contributed by atoms with E-state index in [2.05, 4.69) is 26.0 Å². The van der Waals surface area contributed by atoms with E-state index in [1.54, 1.807) is 24.3 Å². The topological polar surface area (TPSA) is 167 Å². The molecule has 4 aromatic carbocycles. The molecule has 5 aromatic rings. The van der Waals surface area contributed by atoms with Crippen LogP contribution in [0, 0.1) is 0 Å². The lowest BCUT2D eigenvalue weighted by Gasteiger charge is -2.21. The van der Waals surface area contributed by atoms with Crippen molar-refractivity contribution in [1.29, 1.82) is 0 Å². The first kappa shape index (κ1) is 30.8. The fourth-order valence-corrected chi connectivity index (χ4v) is 5.14. The molecule has 0 amide bonds. The first-order chi connectivity index (χ1) is 21.5. The molecule has 1 heterocycles. The number of fused-ring (bicyclic) bond motifs is 1. The predicted molar refractivity (Wildman–Crippen MR) is 166 cm³/mol. The van der Waals surface area contributed by atoms with Gasteiger partial charge in [0.25, 0.3) is 0 Å². The van der Waals surface area contributed by atoms with Gasteiger partial charge >= 0.3 is 5.97 Å². The molecule has 0 aliphatic rings. The van der Waals surface area contributed by atoms with Crippen molar-refractivity contribution in [3.8, 4) is 45.8 Å². The zero-order valence-electron chi connectivity index (χ0n) is 24.8. The number of phenols is 4. The molecular weight excluding hydrogens is 580 g/mol. The predicted octanol–water partition coefficient (Wildman–Crippen LogP) is 6.39. The molecule has 0 aliphatic carbocycles. The molecule has 0 radical (unpaired) electrons. The summed E-state index contributed by atoms with van der Waals surface area (Å²) in [7, 11) is 1.21. The third-order valence-electron chi connectivity index (χ3n) is 7.66. The van der Waals surface area contributed by atoms with Crippen LogP contribution in [-0.4, -0.2) is 38.6 Å². The number of rotatable bonds is 9. The summed E-state index contributed by atoms with van der Waals surface area (Å²) in [5.41, 5.74) is 1.44. The van der Waals surface area contributed by atoms with E-state index < -0.39 is 57.2 Å². The molecule has 5 N–H and O–H groups in total. The van der Waals surface area contributed by atoms with Crippen molar-refractivity contribution in [3.05, 3.63) is 105 Å². The first-order valence-electron chi connectivity index (χ1n) is 14.1. The molecule has 10 nitrogen and oxygen atoms in total. The minimum atomic E-state index is -1.01. The van der Waals surface area contributed by atoms with Crippen molar-refractivity contribution < 1.29 is 44.2 Å². The van der Waals surface area contributed by atoms with Crippen LogP contribution in [0.3, 0.4) is 0 Å². The number of aromatic hydroxyl groups is 5. The molecular formula is C35H32O10. The second kappa shape index (κ2) is 12.5. The molecule has 1 aromatic heterocycles. The number of esters is 1. The van der Waals surface area contributed by atoms with Crippen LogP contribution in [0.5, 0.6) is 34.5 Å². The Bertz CT molecular complexity index is 1920. The summed E-state index contributed by atoms with van der Waals surface area (Å²) in [6.07, 6.45) is -0.285. The van der Waals surface area contributed by atoms with Crippen LogP contribution in [0.1, 0.15) is 54.4 Å². The normalized spacial score (nSPS) is 11.9. The van der Waals surface area contributed by atoms with Gasteiger partial charge in [0, 0.05) is 23.1 Å². The van der Waals surface area contributed by atoms with E-state index in [0.29, 0.717) is 23.8 Å². The Morgan fingerprint density at radius 1 is 0.800 bits per heavy atom.